The molecule has 0 aliphatic heterocycles. The summed E-state index contributed by atoms with van der Waals surface area (Å²) in [6, 6.07) is 0.242. The van der Waals surface area contributed by atoms with E-state index in [-0.39, 0.29) is 17.9 Å². The van der Waals surface area contributed by atoms with E-state index in [1.54, 1.807) is 0 Å². The van der Waals surface area contributed by atoms with Crippen LogP contribution in [0.25, 0.3) is 0 Å². The number of carbonyl (C=O) groups excluding carboxylic acids is 2. The van der Waals surface area contributed by atoms with Crippen LogP contribution in [0.1, 0.15) is 227 Å². The van der Waals surface area contributed by atoms with Gasteiger partial charge in [-0.2, -0.15) is 0 Å². The van der Waals surface area contributed by atoms with E-state index < -0.39 is 0 Å². The van der Waals surface area contributed by atoms with Crippen molar-refractivity contribution in [3.8, 4) is 0 Å². The van der Waals surface area contributed by atoms with Crippen LogP contribution in [-0.4, -0.2) is 24.4 Å². The molecule has 4 heteroatoms. The van der Waals surface area contributed by atoms with Gasteiger partial charge in [-0.15, -0.1) is 0 Å². The zero-order valence-electron chi connectivity index (χ0n) is 30.6. The fourth-order valence-electron chi connectivity index (χ4n) is 6.26. The summed E-state index contributed by atoms with van der Waals surface area (Å²) in [7, 11) is 0. The van der Waals surface area contributed by atoms with Crippen molar-refractivity contribution >= 4 is 11.8 Å². The Morgan fingerprint density at radius 3 is 1.14 bits per heavy atom. The maximum Gasteiger partial charge on any atom is 0.220 e. The van der Waals surface area contributed by atoms with Crippen LogP contribution >= 0.6 is 0 Å². The first kappa shape index (κ1) is 42.9. The Morgan fingerprint density at radius 1 is 0.432 bits per heavy atom. The van der Waals surface area contributed by atoms with Crippen molar-refractivity contribution < 1.29 is 9.59 Å². The van der Waals surface area contributed by atoms with Crippen molar-refractivity contribution in [2.24, 2.45) is 5.92 Å². The van der Waals surface area contributed by atoms with Gasteiger partial charge in [0.05, 0.1) is 0 Å². The summed E-state index contributed by atoms with van der Waals surface area (Å²) in [5.74, 6) is 0.868. The first-order valence-corrected chi connectivity index (χ1v) is 20.1. The Bertz CT molecular complexity index is 606. The number of carbonyl (C=O) groups is 2. The molecule has 0 rings (SSSR count). The summed E-state index contributed by atoms with van der Waals surface area (Å²) in [4.78, 5) is 24.7. The van der Waals surface area contributed by atoms with Crippen molar-refractivity contribution in [2.75, 3.05) is 6.54 Å². The van der Waals surface area contributed by atoms with E-state index >= 15 is 0 Å². The Morgan fingerprint density at radius 2 is 0.773 bits per heavy atom. The summed E-state index contributed by atoms with van der Waals surface area (Å²) < 4.78 is 0. The topological polar surface area (TPSA) is 58.2 Å². The molecule has 0 aromatic rings. The first-order valence-electron chi connectivity index (χ1n) is 20.1. The van der Waals surface area contributed by atoms with Crippen molar-refractivity contribution in [3.63, 3.8) is 0 Å². The lowest BCUT2D eigenvalue weighted by atomic mass is 9.98. The third kappa shape index (κ3) is 32.3. The SMILES string of the molecule is CCCCCCCCCCCCCCCCCC(=O)NCCCC[C@H](NC(=O)CCCCCCCCCCCCC)C(C)C. The number of rotatable bonds is 35. The second-order valence-corrected chi connectivity index (χ2v) is 14.2. The van der Waals surface area contributed by atoms with Crippen LogP contribution in [0.5, 0.6) is 0 Å². The molecule has 4 nitrogen and oxygen atoms in total. The van der Waals surface area contributed by atoms with Crippen molar-refractivity contribution in [1.29, 1.82) is 0 Å². The quantitative estimate of drug-likeness (QED) is 0.0692. The smallest absolute Gasteiger partial charge is 0.220 e. The second-order valence-electron chi connectivity index (χ2n) is 14.2. The molecule has 0 unspecified atom stereocenters. The Hall–Kier alpha value is -1.06. The van der Waals surface area contributed by atoms with Crippen molar-refractivity contribution in [1.82, 2.24) is 10.6 Å². The molecule has 262 valence electrons. The minimum absolute atomic E-state index is 0.209. The summed E-state index contributed by atoms with van der Waals surface area (Å²) in [6.45, 7) is 9.72. The first-order chi connectivity index (χ1) is 21.5. The van der Waals surface area contributed by atoms with E-state index in [4.69, 9.17) is 0 Å². The summed E-state index contributed by atoms with van der Waals surface area (Å²) >= 11 is 0. The maximum absolute atomic E-state index is 12.5. The minimum atomic E-state index is 0.209. The van der Waals surface area contributed by atoms with Crippen molar-refractivity contribution in [2.45, 2.75) is 233 Å². The van der Waals surface area contributed by atoms with Crippen LogP contribution in [-0.2, 0) is 9.59 Å². The van der Waals surface area contributed by atoms with Gasteiger partial charge in [0, 0.05) is 25.4 Å². The normalized spacial score (nSPS) is 12.1. The molecule has 0 aliphatic rings. The molecule has 0 fully saturated rings. The highest BCUT2D eigenvalue weighted by Crippen LogP contribution is 2.15. The molecule has 0 saturated carbocycles. The molecule has 0 aliphatic carbocycles. The van der Waals surface area contributed by atoms with Crippen molar-refractivity contribution in [3.05, 3.63) is 0 Å². The van der Waals surface area contributed by atoms with Gasteiger partial charge in [0.25, 0.3) is 0 Å². The van der Waals surface area contributed by atoms with Crippen LogP contribution in [0, 0.1) is 5.92 Å². The maximum atomic E-state index is 12.5. The summed E-state index contributed by atoms with van der Waals surface area (Å²) in [5.41, 5.74) is 0. The largest absolute Gasteiger partial charge is 0.356 e. The number of amides is 2. The Kier molecular flexibility index (Phi) is 34.0. The highest BCUT2D eigenvalue weighted by molar-refractivity contribution is 5.76. The molecule has 0 saturated heterocycles. The van der Waals surface area contributed by atoms with Gasteiger partial charge >= 0.3 is 0 Å². The molecular weight excluding hydrogens is 540 g/mol. The molecule has 1 atom stereocenters. The molecule has 2 N–H and O–H groups in total. The number of hydrogen-bond acceptors (Lipinski definition) is 2. The lowest BCUT2D eigenvalue weighted by molar-refractivity contribution is -0.122. The van der Waals surface area contributed by atoms with E-state index in [1.165, 1.54) is 154 Å². The highest BCUT2D eigenvalue weighted by Gasteiger charge is 2.15. The third-order valence-electron chi connectivity index (χ3n) is 9.43. The van der Waals surface area contributed by atoms with Crippen LogP contribution in [0.2, 0.25) is 0 Å². The molecule has 2 amide bonds. The van der Waals surface area contributed by atoms with Gasteiger partial charge in [-0.25, -0.2) is 0 Å². The van der Waals surface area contributed by atoms with E-state index in [1.807, 2.05) is 0 Å². The van der Waals surface area contributed by atoms with Gasteiger partial charge in [-0.3, -0.25) is 9.59 Å². The van der Waals surface area contributed by atoms with Gasteiger partial charge in [0.1, 0.15) is 0 Å². The zero-order chi connectivity index (χ0) is 32.4. The summed E-state index contributed by atoms with van der Waals surface area (Å²) in [5, 5.41) is 6.41. The lowest BCUT2D eigenvalue weighted by Gasteiger charge is -2.22. The molecule has 0 bridgehead atoms. The molecule has 0 aromatic carbocycles. The number of unbranched alkanes of at least 4 members (excludes halogenated alkanes) is 25. The second kappa shape index (κ2) is 34.8. The fraction of sp³-hybridized carbons (Fsp3) is 0.950. The van der Waals surface area contributed by atoms with Gasteiger partial charge in [0.2, 0.25) is 11.8 Å². The van der Waals surface area contributed by atoms with Gasteiger partial charge in [-0.1, -0.05) is 182 Å². The van der Waals surface area contributed by atoms with Crippen LogP contribution < -0.4 is 10.6 Å². The predicted molar refractivity (Wildman–Crippen MR) is 194 cm³/mol. The van der Waals surface area contributed by atoms with Crippen LogP contribution in [0.3, 0.4) is 0 Å². The lowest BCUT2D eigenvalue weighted by Crippen LogP contribution is -2.38. The van der Waals surface area contributed by atoms with Gasteiger partial charge < -0.3 is 10.6 Å². The number of hydrogen-bond donors (Lipinski definition) is 2. The standard InChI is InChI=1S/C40H80N2O2/c1-5-7-9-11-13-15-17-18-19-20-22-23-25-27-29-34-39(43)41-36-32-31-33-38(37(3)4)42-40(44)35-30-28-26-24-21-16-14-12-10-8-6-2/h37-38H,5-36H2,1-4H3,(H,41,43)(H,42,44)/t38-/m0/s1. The molecule has 0 radical (unpaired) electrons. The zero-order valence-corrected chi connectivity index (χ0v) is 30.6. The van der Waals surface area contributed by atoms with Crippen LogP contribution in [0.15, 0.2) is 0 Å². The Balaban J connectivity index is 3.58. The van der Waals surface area contributed by atoms with Gasteiger partial charge in [0.15, 0.2) is 0 Å². The van der Waals surface area contributed by atoms with Crippen LogP contribution in [0.4, 0.5) is 0 Å². The average molecular weight is 621 g/mol. The van der Waals surface area contributed by atoms with E-state index in [0.29, 0.717) is 18.8 Å². The summed E-state index contributed by atoms with van der Waals surface area (Å²) in [6.07, 6.45) is 39.0. The van der Waals surface area contributed by atoms with E-state index in [2.05, 4.69) is 38.3 Å². The number of nitrogens with one attached hydrogen (secondary N) is 2. The average Bonchev–Trinajstić information content (AvgIpc) is 3.00. The Labute approximate surface area is 276 Å². The molecular formula is C40H80N2O2. The molecule has 44 heavy (non-hydrogen) atoms. The minimum Gasteiger partial charge on any atom is -0.356 e. The highest BCUT2D eigenvalue weighted by atomic mass is 16.2. The predicted octanol–water partition coefficient (Wildman–Crippen LogP) is 12.4. The monoisotopic (exact) mass is 621 g/mol. The molecule has 0 aromatic heterocycles. The van der Waals surface area contributed by atoms with E-state index in [0.717, 1.165) is 38.6 Å². The third-order valence-corrected chi connectivity index (χ3v) is 9.43. The molecule has 0 spiro atoms. The van der Waals surface area contributed by atoms with Gasteiger partial charge in [-0.05, 0) is 38.0 Å². The molecule has 0 heterocycles. The fourth-order valence-corrected chi connectivity index (χ4v) is 6.26. The van der Waals surface area contributed by atoms with E-state index in [9.17, 15) is 9.59 Å².